The summed E-state index contributed by atoms with van der Waals surface area (Å²) in [4.78, 5) is 0.160. The molecule has 3 nitrogen and oxygen atoms in total. The molecule has 1 heterocycles. The average Bonchev–Trinajstić information content (AvgIpc) is 2.74. The summed E-state index contributed by atoms with van der Waals surface area (Å²) >= 11 is 0. The third kappa shape index (κ3) is 2.21. The summed E-state index contributed by atoms with van der Waals surface area (Å²) in [5.74, 6) is -0.429. The van der Waals surface area contributed by atoms with Gasteiger partial charge in [-0.2, -0.15) is 0 Å². The van der Waals surface area contributed by atoms with Crippen molar-refractivity contribution in [3.8, 4) is 0 Å². The Labute approximate surface area is 124 Å². The summed E-state index contributed by atoms with van der Waals surface area (Å²) in [7, 11) is -3.68. The molecular weight excluding hydrogens is 289 g/mol. The topological polar surface area (TPSA) is 37.4 Å². The van der Waals surface area contributed by atoms with Gasteiger partial charge in [0, 0.05) is 6.04 Å². The Morgan fingerprint density at radius 2 is 1.90 bits per heavy atom. The van der Waals surface area contributed by atoms with E-state index in [1.54, 1.807) is 6.92 Å². The van der Waals surface area contributed by atoms with Gasteiger partial charge in [0.1, 0.15) is 5.82 Å². The molecule has 3 rings (SSSR count). The quantitative estimate of drug-likeness (QED) is 0.854. The van der Waals surface area contributed by atoms with E-state index in [0.29, 0.717) is 17.7 Å². The van der Waals surface area contributed by atoms with E-state index >= 15 is 0 Å². The predicted octanol–water partition coefficient (Wildman–Crippen LogP) is 3.27. The van der Waals surface area contributed by atoms with Crippen molar-refractivity contribution < 1.29 is 12.8 Å². The first-order valence-electron chi connectivity index (χ1n) is 6.80. The van der Waals surface area contributed by atoms with E-state index in [-0.39, 0.29) is 10.9 Å². The second-order valence-corrected chi connectivity index (χ2v) is 7.18. The zero-order chi connectivity index (χ0) is 15.2. The van der Waals surface area contributed by atoms with Crippen molar-refractivity contribution in [2.24, 2.45) is 0 Å². The van der Waals surface area contributed by atoms with Gasteiger partial charge in [0.2, 0.25) is 0 Å². The lowest BCUT2D eigenvalue weighted by molar-refractivity contribution is 0.582. The number of nitrogens with zero attached hydrogens (tertiary/aromatic N) is 1. The molecule has 2 aromatic carbocycles. The first-order chi connectivity index (χ1) is 9.91. The Morgan fingerprint density at radius 1 is 1.19 bits per heavy atom. The summed E-state index contributed by atoms with van der Waals surface area (Å²) in [6, 6.07) is 11.1. The van der Waals surface area contributed by atoms with E-state index in [1.807, 2.05) is 31.2 Å². The van der Waals surface area contributed by atoms with Crippen molar-refractivity contribution in [2.45, 2.75) is 31.2 Å². The molecule has 1 aliphatic heterocycles. The molecule has 0 fully saturated rings. The highest BCUT2D eigenvalue weighted by molar-refractivity contribution is 7.93. The van der Waals surface area contributed by atoms with E-state index in [4.69, 9.17) is 0 Å². The van der Waals surface area contributed by atoms with Crippen LogP contribution in [0.15, 0.2) is 47.4 Å². The van der Waals surface area contributed by atoms with E-state index in [1.165, 1.54) is 22.5 Å². The Kier molecular flexibility index (Phi) is 3.24. The van der Waals surface area contributed by atoms with Gasteiger partial charge in [-0.15, -0.1) is 0 Å². The fraction of sp³-hybridized carbons (Fsp3) is 0.250. The molecule has 0 saturated carbocycles. The van der Waals surface area contributed by atoms with E-state index < -0.39 is 15.8 Å². The number of fused-ring (bicyclic) bond motifs is 1. The van der Waals surface area contributed by atoms with Crippen molar-refractivity contribution in [2.75, 3.05) is 4.31 Å². The van der Waals surface area contributed by atoms with Crippen LogP contribution in [0.3, 0.4) is 0 Å². The molecule has 0 amide bonds. The number of para-hydroxylation sites is 1. The number of hydrogen-bond acceptors (Lipinski definition) is 2. The molecule has 0 aromatic heterocycles. The van der Waals surface area contributed by atoms with Crippen molar-refractivity contribution in [1.29, 1.82) is 0 Å². The number of rotatable bonds is 2. The van der Waals surface area contributed by atoms with Crippen molar-refractivity contribution in [3.05, 3.63) is 59.4 Å². The zero-order valence-corrected chi connectivity index (χ0v) is 12.7. The van der Waals surface area contributed by atoms with Crippen molar-refractivity contribution in [1.82, 2.24) is 0 Å². The highest BCUT2D eigenvalue weighted by Gasteiger charge is 2.36. The second kappa shape index (κ2) is 4.84. The van der Waals surface area contributed by atoms with Crippen LogP contribution in [0.1, 0.15) is 18.1 Å². The zero-order valence-electron chi connectivity index (χ0n) is 11.9. The molecule has 0 bridgehead atoms. The number of sulfonamides is 1. The Hall–Kier alpha value is -1.88. The van der Waals surface area contributed by atoms with Crippen LogP contribution in [-0.2, 0) is 16.4 Å². The molecule has 0 unspecified atom stereocenters. The molecule has 1 atom stereocenters. The number of benzene rings is 2. The smallest absolute Gasteiger partial charge is 0.263 e. The molecule has 2 aromatic rings. The lowest BCUT2D eigenvalue weighted by Crippen LogP contribution is -2.36. The maximum atomic E-state index is 13.2. The first kappa shape index (κ1) is 14.1. The Morgan fingerprint density at radius 3 is 2.62 bits per heavy atom. The van der Waals surface area contributed by atoms with Gasteiger partial charge in [0.15, 0.2) is 0 Å². The van der Waals surface area contributed by atoms with Gasteiger partial charge in [-0.25, -0.2) is 12.8 Å². The molecule has 5 heteroatoms. The van der Waals surface area contributed by atoms with E-state index in [0.717, 1.165) is 5.56 Å². The lowest BCUT2D eigenvalue weighted by atomic mass is 10.1. The fourth-order valence-electron chi connectivity index (χ4n) is 2.91. The minimum absolute atomic E-state index is 0.142. The third-order valence-electron chi connectivity index (χ3n) is 3.82. The molecule has 0 radical (unpaired) electrons. The highest BCUT2D eigenvalue weighted by atomic mass is 32.2. The van der Waals surface area contributed by atoms with Crippen LogP contribution in [0.25, 0.3) is 0 Å². The summed E-state index contributed by atoms with van der Waals surface area (Å²) < 4.78 is 40.6. The van der Waals surface area contributed by atoms with Gasteiger partial charge >= 0.3 is 0 Å². The summed E-state index contributed by atoms with van der Waals surface area (Å²) in [5.41, 5.74) is 2.16. The Balaban J connectivity index is 2.15. The van der Waals surface area contributed by atoms with Gasteiger partial charge in [-0.3, -0.25) is 4.31 Å². The molecule has 1 aliphatic rings. The number of halogens is 1. The lowest BCUT2D eigenvalue weighted by Gasteiger charge is -2.25. The molecule has 0 saturated heterocycles. The van der Waals surface area contributed by atoms with Gasteiger partial charge in [0.05, 0.1) is 10.6 Å². The molecule has 0 aliphatic carbocycles. The van der Waals surface area contributed by atoms with Crippen LogP contribution in [-0.4, -0.2) is 14.5 Å². The van der Waals surface area contributed by atoms with Crippen LogP contribution in [0, 0.1) is 12.7 Å². The van der Waals surface area contributed by atoms with E-state index in [9.17, 15) is 12.8 Å². The van der Waals surface area contributed by atoms with E-state index in [2.05, 4.69) is 0 Å². The van der Waals surface area contributed by atoms with Gasteiger partial charge in [-0.1, -0.05) is 18.2 Å². The maximum Gasteiger partial charge on any atom is 0.264 e. The van der Waals surface area contributed by atoms with Crippen LogP contribution < -0.4 is 4.31 Å². The monoisotopic (exact) mass is 305 g/mol. The largest absolute Gasteiger partial charge is 0.264 e. The molecule has 0 N–H and O–H groups in total. The normalized spacial score (nSPS) is 17.9. The standard InChI is InChI=1S/C16H16FNO2S/c1-11-9-14(17)7-8-16(11)21(19,20)18-12(2)10-13-5-3-4-6-15(13)18/h3-9,12H,10H2,1-2H3/t12-/m1/s1. The van der Waals surface area contributed by atoms with Crippen LogP contribution in [0.4, 0.5) is 10.1 Å². The highest BCUT2D eigenvalue weighted by Crippen LogP contribution is 2.37. The molecule has 0 spiro atoms. The third-order valence-corrected chi connectivity index (χ3v) is 5.91. The maximum absolute atomic E-state index is 13.2. The van der Waals surface area contributed by atoms with Crippen LogP contribution >= 0.6 is 0 Å². The average molecular weight is 305 g/mol. The first-order valence-corrected chi connectivity index (χ1v) is 8.24. The van der Waals surface area contributed by atoms with Crippen molar-refractivity contribution >= 4 is 15.7 Å². The fourth-order valence-corrected chi connectivity index (χ4v) is 4.81. The summed E-state index contributed by atoms with van der Waals surface area (Å²) in [6.45, 7) is 3.50. The van der Waals surface area contributed by atoms with Crippen LogP contribution in [0.2, 0.25) is 0 Å². The number of anilines is 1. The summed E-state index contributed by atoms with van der Waals surface area (Å²) in [5, 5.41) is 0. The SMILES string of the molecule is Cc1cc(F)ccc1S(=O)(=O)N1c2ccccc2C[C@H]1C. The van der Waals surface area contributed by atoms with Gasteiger partial charge in [0.25, 0.3) is 10.0 Å². The predicted molar refractivity (Wildman–Crippen MR) is 80.4 cm³/mol. The minimum atomic E-state index is -3.68. The number of hydrogen-bond donors (Lipinski definition) is 0. The molecule has 110 valence electrons. The molecular formula is C16H16FNO2S. The number of aryl methyl sites for hydroxylation is 1. The minimum Gasteiger partial charge on any atom is -0.263 e. The second-order valence-electron chi connectivity index (χ2n) is 5.39. The molecule has 21 heavy (non-hydrogen) atoms. The van der Waals surface area contributed by atoms with Gasteiger partial charge < -0.3 is 0 Å². The van der Waals surface area contributed by atoms with Crippen molar-refractivity contribution in [3.63, 3.8) is 0 Å². The van der Waals surface area contributed by atoms with Gasteiger partial charge in [-0.05, 0) is 55.7 Å². The Bertz CT molecular complexity index is 802. The summed E-state index contributed by atoms with van der Waals surface area (Å²) in [6.07, 6.45) is 0.690. The van der Waals surface area contributed by atoms with Crippen LogP contribution in [0.5, 0.6) is 0 Å².